The fourth-order valence-electron chi connectivity index (χ4n) is 3.25. The van der Waals surface area contributed by atoms with Crippen molar-refractivity contribution >= 4 is 11.7 Å². The van der Waals surface area contributed by atoms with Crippen molar-refractivity contribution in [3.63, 3.8) is 0 Å². The normalized spacial score (nSPS) is 18.9. The molecule has 3 rings (SSSR count). The highest BCUT2D eigenvalue weighted by atomic mass is 19.1. The third-order valence-electron chi connectivity index (χ3n) is 4.72. The van der Waals surface area contributed by atoms with Crippen LogP contribution in [0.25, 0.3) is 0 Å². The fraction of sp³-hybridized carbons (Fsp3) is 0.444. The number of aromatic nitrogens is 2. The number of imidazole rings is 1. The van der Waals surface area contributed by atoms with Gasteiger partial charge in [-0.25, -0.2) is 14.2 Å². The average molecular weight is 346 g/mol. The zero-order chi connectivity index (χ0) is 18.0. The number of aliphatic hydroxyl groups excluding tert-OH is 1. The van der Waals surface area contributed by atoms with Crippen LogP contribution in [0, 0.1) is 18.7 Å². The van der Waals surface area contributed by atoms with Gasteiger partial charge in [-0.1, -0.05) is 0 Å². The summed E-state index contributed by atoms with van der Waals surface area (Å²) >= 11 is 0. The first-order valence-electron chi connectivity index (χ1n) is 8.43. The van der Waals surface area contributed by atoms with Crippen molar-refractivity contribution in [3.05, 3.63) is 47.8 Å². The van der Waals surface area contributed by atoms with E-state index in [0.29, 0.717) is 30.2 Å². The quantitative estimate of drug-likeness (QED) is 0.898. The van der Waals surface area contributed by atoms with E-state index in [1.807, 2.05) is 7.05 Å². The number of aryl methyl sites for hydroxylation is 2. The van der Waals surface area contributed by atoms with Crippen LogP contribution in [0.4, 0.5) is 14.9 Å². The molecule has 1 fully saturated rings. The van der Waals surface area contributed by atoms with Gasteiger partial charge in [0.1, 0.15) is 17.7 Å². The maximum absolute atomic E-state index is 13.3. The summed E-state index contributed by atoms with van der Waals surface area (Å²) in [6.07, 6.45) is 4.41. The molecular weight excluding hydrogens is 323 g/mol. The van der Waals surface area contributed by atoms with Gasteiger partial charge in [0.25, 0.3) is 0 Å². The molecule has 2 aromatic rings. The number of hydrogen-bond donors (Lipinski definition) is 2. The van der Waals surface area contributed by atoms with Crippen molar-refractivity contribution < 1.29 is 14.3 Å². The number of anilines is 1. The highest BCUT2D eigenvalue weighted by Gasteiger charge is 2.31. The molecule has 2 amide bonds. The Hall–Kier alpha value is -2.41. The monoisotopic (exact) mass is 346 g/mol. The van der Waals surface area contributed by atoms with Crippen LogP contribution < -0.4 is 5.32 Å². The van der Waals surface area contributed by atoms with Gasteiger partial charge in [0, 0.05) is 44.1 Å². The molecule has 0 aliphatic carbocycles. The molecule has 2 atom stereocenters. The molecule has 0 bridgehead atoms. The Morgan fingerprint density at radius 3 is 2.96 bits per heavy atom. The lowest BCUT2D eigenvalue weighted by Crippen LogP contribution is -2.44. The lowest BCUT2D eigenvalue weighted by Gasteiger charge is -2.34. The molecule has 7 heteroatoms. The molecule has 1 aromatic carbocycles. The Kier molecular flexibility index (Phi) is 5.03. The number of carbonyl (C=O) groups is 1. The van der Waals surface area contributed by atoms with Crippen LogP contribution in [-0.2, 0) is 7.05 Å². The third-order valence-corrected chi connectivity index (χ3v) is 4.72. The fourth-order valence-corrected chi connectivity index (χ4v) is 3.25. The van der Waals surface area contributed by atoms with E-state index in [1.54, 1.807) is 40.9 Å². The predicted octanol–water partition coefficient (Wildman–Crippen LogP) is 2.85. The number of likely N-dealkylation sites (tertiary alicyclic amines) is 1. The molecule has 0 saturated carbocycles. The number of nitrogens with one attached hydrogen (secondary N) is 1. The van der Waals surface area contributed by atoms with E-state index in [-0.39, 0.29) is 17.8 Å². The SMILES string of the molecule is Cc1cc(NC(=O)N2CCCC(C(O)c3nccn3C)C2)ccc1F. The third kappa shape index (κ3) is 3.82. The number of urea groups is 1. The summed E-state index contributed by atoms with van der Waals surface area (Å²) in [6.45, 7) is 2.75. The first-order chi connectivity index (χ1) is 12.0. The lowest BCUT2D eigenvalue weighted by atomic mass is 9.92. The molecule has 0 radical (unpaired) electrons. The zero-order valence-corrected chi connectivity index (χ0v) is 14.4. The second-order valence-electron chi connectivity index (χ2n) is 6.58. The summed E-state index contributed by atoms with van der Waals surface area (Å²) in [5.41, 5.74) is 1.05. The van der Waals surface area contributed by atoms with E-state index in [2.05, 4.69) is 10.3 Å². The summed E-state index contributed by atoms with van der Waals surface area (Å²) in [5, 5.41) is 13.4. The van der Waals surface area contributed by atoms with E-state index in [4.69, 9.17) is 0 Å². The Balaban J connectivity index is 1.65. The molecule has 1 aliphatic rings. The number of halogens is 1. The first kappa shape index (κ1) is 17.4. The van der Waals surface area contributed by atoms with Crippen molar-refractivity contribution in [2.24, 2.45) is 13.0 Å². The Bertz CT molecular complexity index is 761. The minimum Gasteiger partial charge on any atom is -0.385 e. The van der Waals surface area contributed by atoms with Crippen LogP contribution in [0.2, 0.25) is 0 Å². The van der Waals surface area contributed by atoms with Gasteiger partial charge in [0.05, 0.1) is 0 Å². The Labute approximate surface area is 146 Å². The van der Waals surface area contributed by atoms with Crippen LogP contribution >= 0.6 is 0 Å². The summed E-state index contributed by atoms with van der Waals surface area (Å²) in [7, 11) is 1.84. The van der Waals surface area contributed by atoms with Crippen LogP contribution in [0.5, 0.6) is 0 Å². The zero-order valence-electron chi connectivity index (χ0n) is 14.4. The van der Waals surface area contributed by atoms with Gasteiger partial charge in [-0.2, -0.15) is 0 Å². The predicted molar refractivity (Wildman–Crippen MR) is 92.6 cm³/mol. The minimum absolute atomic E-state index is 0.0597. The number of aliphatic hydroxyl groups is 1. The van der Waals surface area contributed by atoms with Crippen LogP contribution in [-0.4, -0.2) is 38.7 Å². The molecule has 2 N–H and O–H groups in total. The molecule has 25 heavy (non-hydrogen) atoms. The van der Waals surface area contributed by atoms with E-state index in [9.17, 15) is 14.3 Å². The van der Waals surface area contributed by atoms with Crippen molar-refractivity contribution in [1.29, 1.82) is 0 Å². The summed E-state index contributed by atoms with van der Waals surface area (Å²) in [5.74, 6) is 0.256. The van der Waals surface area contributed by atoms with Crippen LogP contribution in [0.1, 0.15) is 30.3 Å². The van der Waals surface area contributed by atoms with Crippen LogP contribution in [0.15, 0.2) is 30.6 Å². The van der Waals surface area contributed by atoms with Gasteiger partial charge >= 0.3 is 6.03 Å². The van der Waals surface area contributed by atoms with Crippen molar-refractivity contribution in [1.82, 2.24) is 14.5 Å². The Morgan fingerprint density at radius 2 is 2.28 bits per heavy atom. The minimum atomic E-state index is -0.705. The Morgan fingerprint density at radius 1 is 1.48 bits per heavy atom. The molecule has 6 nitrogen and oxygen atoms in total. The first-order valence-corrected chi connectivity index (χ1v) is 8.43. The standard InChI is InChI=1S/C18H23FN4O2/c1-12-10-14(5-6-15(12)19)21-18(25)23-8-3-4-13(11-23)16(24)17-20-7-9-22(17)2/h5-7,9-10,13,16,24H,3-4,8,11H2,1-2H3,(H,21,25). The number of amides is 2. The van der Waals surface area contributed by atoms with Gasteiger partial charge in [-0.05, 0) is 43.5 Å². The maximum Gasteiger partial charge on any atom is 0.321 e. The smallest absolute Gasteiger partial charge is 0.321 e. The van der Waals surface area contributed by atoms with Gasteiger partial charge < -0.3 is 19.9 Å². The number of rotatable bonds is 3. The number of carbonyl (C=O) groups excluding carboxylic acids is 1. The summed E-state index contributed by atoms with van der Waals surface area (Å²) in [4.78, 5) is 18.4. The largest absolute Gasteiger partial charge is 0.385 e. The summed E-state index contributed by atoms with van der Waals surface area (Å²) in [6, 6.07) is 4.26. The molecule has 2 heterocycles. The van der Waals surface area contributed by atoms with E-state index in [0.717, 1.165) is 12.8 Å². The summed E-state index contributed by atoms with van der Waals surface area (Å²) < 4.78 is 15.1. The maximum atomic E-state index is 13.3. The molecule has 2 unspecified atom stereocenters. The van der Waals surface area contributed by atoms with Gasteiger partial charge in [0.2, 0.25) is 0 Å². The second kappa shape index (κ2) is 7.23. The van der Waals surface area contributed by atoms with Crippen molar-refractivity contribution in [2.75, 3.05) is 18.4 Å². The van der Waals surface area contributed by atoms with Crippen molar-refractivity contribution in [2.45, 2.75) is 25.9 Å². The molecule has 1 aliphatic heterocycles. The molecule has 134 valence electrons. The van der Waals surface area contributed by atoms with E-state index >= 15 is 0 Å². The average Bonchev–Trinajstić information content (AvgIpc) is 3.03. The topological polar surface area (TPSA) is 70.4 Å². The van der Waals surface area contributed by atoms with Gasteiger partial charge in [-0.15, -0.1) is 0 Å². The highest BCUT2D eigenvalue weighted by molar-refractivity contribution is 5.89. The van der Waals surface area contributed by atoms with Crippen LogP contribution in [0.3, 0.4) is 0 Å². The second-order valence-corrected chi connectivity index (χ2v) is 6.58. The number of hydrogen-bond acceptors (Lipinski definition) is 3. The van der Waals surface area contributed by atoms with Gasteiger partial charge in [0.15, 0.2) is 0 Å². The number of benzene rings is 1. The molecule has 0 spiro atoms. The van der Waals surface area contributed by atoms with Gasteiger partial charge in [-0.3, -0.25) is 0 Å². The number of nitrogens with zero attached hydrogens (tertiary/aromatic N) is 3. The molecular formula is C18H23FN4O2. The molecule has 1 saturated heterocycles. The highest BCUT2D eigenvalue weighted by Crippen LogP contribution is 2.29. The van der Waals surface area contributed by atoms with E-state index in [1.165, 1.54) is 6.07 Å². The lowest BCUT2D eigenvalue weighted by molar-refractivity contribution is 0.0552. The number of piperidine rings is 1. The van der Waals surface area contributed by atoms with Crippen molar-refractivity contribution in [3.8, 4) is 0 Å². The molecule has 1 aromatic heterocycles. The van der Waals surface area contributed by atoms with E-state index < -0.39 is 6.10 Å².